The van der Waals surface area contributed by atoms with Gasteiger partial charge in [0.25, 0.3) is 0 Å². The third-order valence-electron chi connectivity index (χ3n) is 7.06. The van der Waals surface area contributed by atoms with Gasteiger partial charge in [0.1, 0.15) is 0 Å². The fraction of sp³-hybridized carbons (Fsp3) is 0.727. The van der Waals surface area contributed by atoms with Crippen LogP contribution in [0.5, 0.6) is 0 Å². The molecule has 1 aromatic carbocycles. The van der Waals surface area contributed by atoms with E-state index in [2.05, 4.69) is 70.0 Å². The van der Waals surface area contributed by atoms with Crippen molar-refractivity contribution in [1.82, 2.24) is 15.1 Å². The fourth-order valence-electron chi connectivity index (χ4n) is 5.48. The maximum absolute atomic E-state index is 6.22. The van der Waals surface area contributed by atoms with Gasteiger partial charge in [-0.2, -0.15) is 0 Å². The third kappa shape index (κ3) is 3.86. The van der Waals surface area contributed by atoms with Crippen LogP contribution in [0.2, 0.25) is 0 Å². The van der Waals surface area contributed by atoms with Gasteiger partial charge in [-0.25, -0.2) is 0 Å². The van der Waals surface area contributed by atoms with Crippen LogP contribution in [-0.2, 0) is 11.2 Å². The van der Waals surface area contributed by atoms with E-state index < -0.39 is 0 Å². The van der Waals surface area contributed by atoms with E-state index in [1.165, 1.54) is 35.0 Å². The molecule has 3 atom stereocenters. The zero-order valence-corrected chi connectivity index (χ0v) is 18.6. The van der Waals surface area contributed by atoms with E-state index in [1.807, 2.05) is 0 Å². The highest BCUT2D eigenvalue weighted by Gasteiger charge is 2.43. The van der Waals surface area contributed by atoms with Crippen LogP contribution in [0.1, 0.15) is 50.8 Å². The standard InChI is InChI=1S/C22H34BrN3O/c1-4-27-20-14-17-13-18(23)5-6-19(17)21(20)26-12-11-25(15-16(26)2)22(3)7-9-24-10-8-22/h5-6,13,16,20-21,24H,4,7-12,14-15H2,1-3H3/t16-,20?,21?/m0/s1. The number of piperazine rings is 1. The van der Waals surface area contributed by atoms with Gasteiger partial charge >= 0.3 is 0 Å². The summed E-state index contributed by atoms with van der Waals surface area (Å²) >= 11 is 3.64. The van der Waals surface area contributed by atoms with Crippen molar-refractivity contribution in [3.63, 3.8) is 0 Å². The lowest BCUT2D eigenvalue weighted by molar-refractivity contribution is -0.0588. The molecule has 4 rings (SSSR count). The molecule has 0 radical (unpaired) electrons. The third-order valence-corrected chi connectivity index (χ3v) is 7.55. The molecule has 0 amide bonds. The molecule has 0 saturated carbocycles. The van der Waals surface area contributed by atoms with Crippen molar-refractivity contribution in [3.05, 3.63) is 33.8 Å². The monoisotopic (exact) mass is 435 g/mol. The largest absolute Gasteiger partial charge is 0.376 e. The molecule has 3 aliphatic rings. The Morgan fingerprint density at radius 2 is 2.04 bits per heavy atom. The highest BCUT2D eigenvalue weighted by atomic mass is 79.9. The SMILES string of the molecule is CCOC1Cc2cc(Br)ccc2C1N1CCN(C2(C)CCNCC2)C[C@@H]1C. The molecule has 0 spiro atoms. The molecular formula is C22H34BrN3O. The van der Waals surface area contributed by atoms with E-state index in [1.54, 1.807) is 0 Å². The van der Waals surface area contributed by atoms with Gasteiger partial charge in [-0.15, -0.1) is 0 Å². The Kier molecular flexibility index (Phi) is 5.96. The maximum Gasteiger partial charge on any atom is 0.0812 e. The van der Waals surface area contributed by atoms with E-state index in [-0.39, 0.29) is 6.10 Å². The Morgan fingerprint density at radius 1 is 1.26 bits per heavy atom. The number of benzene rings is 1. The Bertz CT molecular complexity index is 661. The first-order chi connectivity index (χ1) is 13.0. The molecule has 1 aliphatic carbocycles. The second kappa shape index (κ2) is 8.11. The van der Waals surface area contributed by atoms with Crippen molar-refractivity contribution in [2.75, 3.05) is 39.3 Å². The number of ether oxygens (including phenoxy) is 1. The van der Waals surface area contributed by atoms with Crippen LogP contribution < -0.4 is 5.32 Å². The second-order valence-electron chi connectivity index (χ2n) is 8.77. The molecule has 4 nitrogen and oxygen atoms in total. The summed E-state index contributed by atoms with van der Waals surface area (Å²) in [4.78, 5) is 5.49. The van der Waals surface area contributed by atoms with Crippen molar-refractivity contribution in [1.29, 1.82) is 0 Å². The number of rotatable bonds is 4. The summed E-state index contributed by atoms with van der Waals surface area (Å²) in [6.07, 6.45) is 3.84. The van der Waals surface area contributed by atoms with E-state index in [0.29, 0.717) is 17.6 Å². The summed E-state index contributed by atoms with van der Waals surface area (Å²) in [5.74, 6) is 0. The minimum Gasteiger partial charge on any atom is -0.376 e. The molecule has 2 unspecified atom stereocenters. The predicted molar refractivity (Wildman–Crippen MR) is 114 cm³/mol. The maximum atomic E-state index is 6.22. The zero-order chi connectivity index (χ0) is 19.0. The average Bonchev–Trinajstić information content (AvgIpc) is 2.99. The van der Waals surface area contributed by atoms with Crippen molar-refractivity contribution in [2.45, 2.75) is 63.8 Å². The van der Waals surface area contributed by atoms with Crippen LogP contribution in [0.4, 0.5) is 0 Å². The van der Waals surface area contributed by atoms with E-state index >= 15 is 0 Å². The lowest BCUT2D eigenvalue weighted by atomic mass is 9.87. The molecule has 5 heteroatoms. The van der Waals surface area contributed by atoms with Gasteiger partial charge in [-0.1, -0.05) is 22.0 Å². The number of hydrogen-bond donors (Lipinski definition) is 1. The molecule has 2 saturated heterocycles. The molecular weight excluding hydrogens is 402 g/mol. The van der Waals surface area contributed by atoms with E-state index in [9.17, 15) is 0 Å². The Balaban J connectivity index is 1.53. The summed E-state index contributed by atoms with van der Waals surface area (Å²) in [7, 11) is 0. The molecule has 0 bridgehead atoms. The first-order valence-electron chi connectivity index (χ1n) is 10.6. The Morgan fingerprint density at radius 3 is 2.74 bits per heavy atom. The van der Waals surface area contributed by atoms with Gasteiger partial charge in [-0.3, -0.25) is 9.80 Å². The number of hydrogen-bond acceptors (Lipinski definition) is 4. The first kappa shape index (κ1) is 19.8. The van der Waals surface area contributed by atoms with Gasteiger partial charge in [0.2, 0.25) is 0 Å². The second-order valence-corrected chi connectivity index (χ2v) is 9.68. The molecule has 2 aliphatic heterocycles. The average molecular weight is 436 g/mol. The number of nitrogens with zero attached hydrogens (tertiary/aromatic N) is 2. The van der Waals surface area contributed by atoms with Crippen LogP contribution in [-0.4, -0.2) is 66.8 Å². The minimum atomic E-state index is 0.280. The highest BCUT2D eigenvalue weighted by molar-refractivity contribution is 9.10. The van der Waals surface area contributed by atoms with Crippen LogP contribution in [0.15, 0.2) is 22.7 Å². The molecule has 0 aromatic heterocycles. The van der Waals surface area contributed by atoms with Crippen LogP contribution in [0.25, 0.3) is 0 Å². The predicted octanol–water partition coefficient (Wildman–Crippen LogP) is 3.60. The zero-order valence-electron chi connectivity index (χ0n) is 17.0. The van der Waals surface area contributed by atoms with Crippen molar-refractivity contribution in [3.8, 4) is 0 Å². The Labute approximate surface area is 172 Å². The Hall–Kier alpha value is -0.460. The lowest BCUT2D eigenvalue weighted by Gasteiger charge is -2.52. The number of piperidine rings is 1. The van der Waals surface area contributed by atoms with Crippen LogP contribution >= 0.6 is 15.9 Å². The minimum absolute atomic E-state index is 0.280. The summed E-state index contributed by atoms with van der Waals surface area (Å²) in [6, 6.07) is 7.74. The molecule has 150 valence electrons. The normalized spacial score (nSPS) is 31.8. The van der Waals surface area contributed by atoms with E-state index in [4.69, 9.17) is 4.74 Å². The number of halogens is 1. The van der Waals surface area contributed by atoms with Gasteiger partial charge in [0, 0.05) is 48.7 Å². The van der Waals surface area contributed by atoms with Crippen LogP contribution in [0.3, 0.4) is 0 Å². The van der Waals surface area contributed by atoms with Crippen molar-refractivity contribution >= 4 is 15.9 Å². The summed E-state index contributed by atoms with van der Waals surface area (Å²) in [5, 5.41) is 3.52. The smallest absolute Gasteiger partial charge is 0.0812 e. The van der Waals surface area contributed by atoms with Gasteiger partial charge in [0.15, 0.2) is 0 Å². The number of fused-ring (bicyclic) bond motifs is 1. The lowest BCUT2D eigenvalue weighted by Crippen LogP contribution is -2.62. The molecule has 2 heterocycles. The molecule has 2 fully saturated rings. The fourth-order valence-corrected chi connectivity index (χ4v) is 5.89. The molecule has 1 N–H and O–H groups in total. The summed E-state index contributed by atoms with van der Waals surface area (Å²) < 4.78 is 7.40. The molecule has 27 heavy (non-hydrogen) atoms. The van der Waals surface area contributed by atoms with E-state index in [0.717, 1.165) is 39.2 Å². The van der Waals surface area contributed by atoms with Crippen molar-refractivity contribution < 1.29 is 4.74 Å². The van der Waals surface area contributed by atoms with Crippen LogP contribution in [0, 0.1) is 0 Å². The molecule has 1 aromatic rings. The highest BCUT2D eigenvalue weighted by Crippen LogP contribution is 2.41. The first-order valence-corrected chi connectivity index (χ1v) is 11.4. The summed E-state index contributed by atoms with van der Waals surface area (Å²) in [6.45, 7) is 13.6. The number of nitrogens with one attached hydrogen (secondary N) is 1. The quantitative estimate of drug-likeness (QED) is 0.781. The van der Waals surface area contributed by atoms with Gasteiger partial charge in [-0.05, 0) is 70.0 Å². The topological polar surface area (TPSA) is 27.7 Å². The van der Waals surface area contributed by atoms with Gasteiger partial charge in [0.05, 0.1) is 12.1 Å². The summed E-state index contributed by atoms with van der Waals surface area (Å²) in [5.41, 5.74) is 3.29. The van der Waals surface area contributed by atoms with Crippen molar-refractivity contribution in [2.24, 2.45) is 0 Å². The van der Waals surface area contributed by atoms with Gasteiger partial charge < -0.3 is 10.1 Å².